The number of fused-ring (bicyclic) bond motifs is 1. The van der Waals surface area contributed by atoms with Crippen LogP contribution in [0.1, 0.15) is 33.1 Å². The number of rotatable bonds is 9. The Morgan fingerprint density at radius 1 is 1.31 bits per heavy atom. The summed E-state index contributed by atoms with van der Waals surface area (Å²) in [6, 6.07) is -1.16. The predicted octanol–water partition coefficient (Wildman–Crippen LogP) is -1.39. The van der Waals surface area contributed by atoms with Gasteiger partial charge in [-0.2, -0.15) is 0 Å². The molecule has 5 N–H and O–H groups in total. The second kappa shape index (κ2) is 11.2. The van der Waals surface area contributed by atoms with Crippen molar-refractivity contribution in [1.82, 2.24) is 40.6 Å². The van der Waals surface area contributed by atoms with Gasteiger partial charge >= 0.3 is 5.97 Å². The van der Waals surface area contributed by atoms with E-state index in [2.05, 4.69) is 26.2 Å². The third-order valence-electron chi connectivity index (χ3n) is 8.36. The molecule has 5 heterocycles. The summed E-state index contributed by atoms with van der Waals surface area (Å²) < 4.78 is 1.28. The number of hydrogen-bond acceptors (Lipinski definition) is 10. The van der Waals surface area contributed by atoms with Crippen LogP contribution in [-0.4, -0.2) is 108 Å². The lowest BCUT2D eigenvalue weighted by Crippen LogP contribution is -2.66. The number of likely N-dealkylation sites (tertiary alicyclic amines) is 1. The normalized spacial score (nSPS) is 29.8. The Morgan fingerprint density at radius 2 is 2.05 bits per heavy atom. The smallest absolute Gasteiger partial charge is 0.353 e. The van der Waals surface area contributed by atoms with Gasteiger partial charge in [-0.1, -0.05) is 6.92 Å². The minimum Gasteiger partial charge on any atom is -0.477 e. The van der Waals surface area contributed by atoms with Gasteiger partial charge in [-0.3, -0.25) is 14.4 Å². The monoisotopic (exact) mass is 561 g/mol. The van der Waals surface area contributed by atoms with Gasteiger partial charge in [-0.05, 0) is 49.1 Å². The molecule has 1 aromatic heterocycles. The summed E-state index contributed by atoms with van der Waals surface area (Å²) in [6.45, 7) is 6.26. The number of hydrogen-bond donors (Lipinski definition) is 4. The van der Waals surface area contributed by atoms with E-state index >= 15 is 0 Å². The van der Waals surface area contributed by atoms with E-state index in [0.717, 1.165) is 12.8 Å². The largest absolute Gasteiger partial charge is 0.477 e. The standard InChI is InChI=1S/C24H35N9O5S/c1-12-19-18(13(2)28-17(34)10-32-11-27-29-30-32)23(36)33(19)20(24(37)38)21(12)39-15-7-16(26-9-15)22(35)31-5-3-14(8-25)4-6-31/h11-16,18-19,26H,3-10,25H2,1-2H3,(H,28,34)(H,37,38)/t12-,13-,15?,16?,18-,19+/m1/s1. The average molecular weight is 562 g/mol. The van der Waals surface area contributed by atoms with Crippen molar-refractivity contribution in [1.29, 1.82) is 0 Å². The van der Waals surface area contributed by atoms with Crippen LogP contribution in [0, 0.1) is 17.8 Å². The van der Waals surface area contributed by atoms with E-state index in [1.807, 2.05) is 11.8 Å². The van der Waals surface area contributed by atoms with Crippen molar-refractivity contribution in [2.75, 3.05) is 26.2 Å². The number of carbonyl (C=O) groups is 4. The number of nitrogens with one attached hydrogen (secondary N) is 2. The SMILES string of the molecule is C[C@@H](NC(=O)Cn1cnnn1)[C@H]1C(=O)N2C(C(=O)O)=C(SC3CNC(C(=O)N4CCC(CN)CC4)C3)[C@H](C)[C@@H]12. The van der Waals surface area contributed by atoms with Crippen LogP contribution in [-0.2, 0) is 25.7 Å². The molecule has 14 nitrogen and oxygen atoms in total. The van der Waals surface area contributed by atoms with E-state index in [1.165, 1.54) is 27.7 Å². The van der Waals surface area contributed by atoms with Crippen LogP contribution in [0.4, 0.5) is 0 Å². The van der Waals surface area contributed by atoms with Crippen LogP contribution in [0.2, 0.25) is 0 Å². The number of carboxylic acid groups (broad SMARTS) is 1. The van der Waals surface area contributed by atoms with E-state index in [9.17, 15) is 24.3 Å². The lowest BCUT2D eigenvalue weighted by molar-refractivity contribution is -0.158. The number of aliphatic carboxylic acids is 1. The Labute approximate surface area is 230 Å². The number of amides is 3. The molecule has 3 saturated heterocycles. The topological polar surface area (TPSA) is 189 Å². The van der Waals surface area contributed by atoms with Gasteiger partial charge in [0.15, 0.2) is 0 Å². The first kappa shape index (κ1) is 27.5. The number of thioether (sulfide) groups is 1. The van der Waals surface area contributed by atoms with Crippen LogP contribution in [0.25, 0.3) is 0 Å². The van der Waals surface area contributed by atoms with Crippen LogP contribution in [0.3, 0.4) is 0 Å². The quantitative estimate of drug-likeness (QED) is 0.260. The molecule has 0 aliphatic carbocycles. The highest BCUT2D eigenvalue weighted by atomic mass is 32.2. The van der Waals surface area contributed by atoms with Crippen molar-refractivity contribution in [3.63, 3.8) is 0 Å². The number of piperidine rings is 1. The average Bonchev–Trinajstić information content (AvgIpc) is 3.64. The minimum absolute atomic E-state index is 0.00741. The molecule has 0 saturated carbocycles. The number of tetrazole rings is 1. The third-order valence-corrected chi connectivity index (χ3v) is 9.87. The Kier molecular flexibility index (Phi) is 7.91. The zero-order valence-corrected chi connectivity index (χ0v) is 22.8. The molecule has 3 fully saturated rings. The molecule has 3 amide bonds. The van der Waals surface area contributed by atoms with Crippen LogP contribution in [0.5, 0.6) is 0 Å². The number of carbonyl (C=O) groups excluding carboxylic acids is 3. The molecule has 2 unspecified atom stereocenters. The van der Waals surface area contributed by atoms with Crippen molar-refractivity contribution in [3.8, 4) is 0 Å². The maximum atomic E-state index is 13.1. The second-order valence-corrected chi connectivity index (χ2v) is 12.2. The van der Waals surface area contributed by atoms with Gasteiger partial charge in [-0.15, -0.1) is 16.9 Å². The molecule has 0 aromatic carbocycles. The van der Waals surface area contributed by atoms with Crippen molar-refractivity contribution >= 4 is 35.5 Å². The molecular formula is C24H35N9O5S. The summed E-state index contributed by atoms with van der Waals surface area (Å²) in [5.74, 6) is -1.99. The molecule has 0 bridgehead atoms. The summed E-state index contributed by atoms with van der Waals surface area (Å²) in [4.78, 5) is 54.9. The summed E-state index contributed by atoms with van der Waals surface area (Å²) in [6.07, 6.45) is 3.76. The summed E-state index contributed by atoms with van der Waals surface area (Å²) in [7, 11) is 0. The molecule has 15 heteroatoms. The summed E-state index contributed by atoms with van der Waals surface area (Å²) in [5, 5.41) is 26.9. The Bertz CT molecular complexity index is 1150. The molecule has 4 aliphatic heterocycles. The molecule has 6 atom stereocenters. The summed E-state index contributed by atoms with van der Waals surface area (Å²) >= 11 is 1.45. The van der Waals surface area contributed by atoms with Gasteiger partial charge in [0, 0.05) is 41.7 Å². The first-order valence-electron chi connectivity index (χ1n) is 13.4. The number of aromatic nitrogens is 4. The van der Waals surface area contributed by atoms with Gasteiger partial charge in [0.25, 0.3) is 0 Å². The first-order valence-corrected chi connectivity index (χ1v) is 14.3. The van der Waals surface area contributed by atoms with Crippen molar-refractivity contribution in [2.24, 2.45) is 23.5 Å². The highest BCUT2D eigenvalue weighted by molar-refractivity contribution is 8.03. The molecule has 0 spiro atoms. The zero-order chi connectivity index (χ0) is 27.8. The Morgan fingerprint density at radius 3 is 2.69 bits per heavy atom. The minimum atomic E-state index is -1.14. The Balaban J connectivity index is 1.21. The summed E-state index contributed by atoms with van der Waals surface area (Å²) in [5.41, 5.74) is 5.79. The number of nitrogens with zero attached hydrogens (tertiary/aromatic N) is 6. The molecule has 5 rings (SSSR count). The lowest BCUT2D eigenvalue weighted by atomic mass is 9.78. The third kappa shape index (κ3) is 5.26. The van der Waals surface area contributed by atoms with Crippen molar-refractivity contribution in [3.05, 3.63) is 16.9 Å². The molecule has 0 radical (unpaired) electrons. The van der Waals surface area contributed by atoms with E-state index in [4.69, 9.17) is 5.73 Å². The van der Waals surface area contributed by atoms with E-state index in [-0.39, 0.29) is 53.2 Å². The highest BCUT2D eigenvalue weighted by Gasteiger charge is 2.60. The fraction of sp³-hybridized carbons (Fsp3) is 0.708. The predicted molar refractivity (Wildman–Crippen MR) is 140 cm³/mol. The number of β-lactam (4-membered cyclic amide) rings is 1. The van der Waals surface area contributed by atoms with Crippen LogP contribution in [0.15, 0.2) is 16.9 Å². The van der Waals surface area contributed by atoms with Gasteiger partial charge < -0.3 is 31.3 Å². The van der Waals surface area contributed by atoms with E-state index in [1.54, 1.807) is 6.92 Å². The van der Waals surface area contributed by atoms with Gasteiger partial charge in [0.2, 0.25) is 17.7 Å². The highest BCUT2D eigenvalue weighted by Crippen LogP contribution is 2.51. The van der Waals surface area contributed by atoms with Crippen molar-refractivity contribution < 1.29 is 24.3 Å². The van der Waals surface area contributed by atoms with Gasteiger partial charge in [0.05, 0.1) is 18.0 Å². The Hall–Kier alpha value is -3.04. The molecule has 212 valence electrons. The second-order valence-electron chi connectivity index (χ2n) is 10.8. The number of nitrogens with two attached hydrogens (primary N) is 1. The molecule has 1 aromatic rings. The van der Waals surface area contributed by atoms with Crippen LogP contribution < -0.4 is 16.4 Å². The lowest BCUT2D eigenvalue weighted by Gasteiger charge is -2.47. The van der Waals surface area contributed by atoms with Gasteiger partial charge in [0.1, 0.15) is 18.6 Å². The fourth-order valence-corrected chi connectivity index (χ4v) is 7.73. The zero-order valence-electron chi connectivity index (χ0n) is 22.0. The maximum absolute atomic E-state index is 13.1. The maximum Gasteiger partial charge on any atom is 0.353 e. The number of carboxylic acids is 1. The van der Waals surface area contributed by atoms with Crippen molar-refractivity contribution in [2.45, 2.75) is 63.0 Å². The van der Waals surface area contributed by atoms with E-state index < -0.39 is 17.9 Å². The molecular weight excluding hydrogens is 526 g/mol. The molecule has 4 aliphatic rings. The van der Waals surface area contributed by atoms with Crippen LogP contribution >= 0.6 is 11.8 Å². The first-order chi connectivity index (χ1) is 18.7. The fourth-order valence-electron chi connectivity index (χ4n) is 6.26. The molecule has 39 heavy (non-hydrogen) atoms. The van der Waals surface area contributed by atoms with Gasteiger partial charge in [-0.25, -0.2) is 9.48 Å². The van der Waals surface area contributed by atoms with E-state index in [0.29, 0.717) is 43.4 Å².